The maximum atomic E-state index is 6.62. The van der Waals surface area contributed by atoms with Crippen molar-refractivity contribution in [3.8, 4) is 11.4 Å². The molecule has 1 aliphatic rings. The largest absolute Gasteiger partial charge is 0.329 e. The Hall–Kier alpha value is -1.40. The summed E-state index contributed by atoms with van der Waals surface area (Å²) in [4.78, 5) is 9.73. The standard InChI is InChI=1S/C18H26ClN5/c1-3-23-9-11-24(12-10-23)15(13-20)16-17(19)22(2)18(21-16)14-7-5-4-6-8-14/h4-8,15H,3,9-13,20H2,1-2H3. The highest BCUT2D eigenvalue weighted by Gasteiger charge is 2.28. The molecule has 1 aromatic carbocycles. The van der Waals surface area contributed by atoms with Crippen LogP contribution in [-0.4, -0.2) is 58.6 Å². The minimum absolute atomic E-state index is 0.0696. The van der Waals surface area contributed by atoms with Crippen LogP contribution in [0.25, 0.3) is 11.4 Å². The molecule has 1 saturated heterocycles. The summed E-state index contributed by atoms with van der Waals surface area (Å²) in [6, 6.07) is 10.2. The van der Waals surface area contributed by atoms with E-state index < -0.39 is 0 Å². The van der Waals surface area contributed by atoms with E-state index in [1.165, 1.54) is 0 Å². The van der Waals surface area contributed by atoms with Crippen molar-refractivity contribution in [2.24, 2.45) is 12.8 Å². The molecule has 2 N–H and O–H groups in total. The van der Waals surface area contributed by atoms with Gasteiger partial charge in [-0.1, -0.05) is 48.9 Å². The fourth-order valence-corrected chi connectivity index (χ4v) is 3.63. The predicted octanol–water partition coefficient (Wildman–Crippen LogP) is 2.38. The minimum atomic E-state index is 0.0696. The third-order valence-corrected chi connectivity index (χ3v) is 5.36. The zero-order chi connectivity index (χ0) is 17.1. The molecule has 24 heavy (non-hydrogen) atoms. The van der Waals surface area contributed by atoms with Crippen LogP contribution >= 0.6 is 11.6 Å². The van der Waals surface area contributed by atoms with Gasteiger partial charge in [0.2, 0.25) is 0 Å². The maximum Gasteiger partial charge on any atom is 0.141 e. The molecule has 0 amide bonds. The van der Waals surface area contributed by atoms with Gasteiger partial charge in [-0.25, -0.2) is 4.98 Å². The lowest BCUT2D eigenvalue weighted by Crippen LogP contribution is -2.48. The monoisotopic (exact) mass is 347 g/mol. The first-order valence-corrected chi connectivity index (χ1v) is 8.97. The summed E-state index contributed by atoms with van der Waals surface area (Å²) < 4.78 is 1.96. The molecule has 0 saturated carbocycles. The van der Waals surface area contributed by atoms with E-state index in [0.29, 0.717) is 11.7 Å². The minimum Gasteiger partial charge on any atom is -0.329 e. The summed E-state index contributed by atoms with van der Waals surface area (Å²) in [7, 11) is 1.96. The Balaban J connectivity index is 1.88. The number of benzene rings is 1. The fourth-order valence-electron chi connectivity index (χ4n) is 3.38. The summed E-state index contributed by atoms with van der Waals surface area (Å²) in [5.74, 6) is 0.890. The molecule has 0 spiro atoms. The Kier molecular flexibility index (Phi) is 5.56. The predicted molar refractivity (Wildman–Crippen MR) is 99.1 cm³/mol. The normalized spacial score (nSPS) is 18.0. The number of hydrogen-bond acceptors (Lipinski definition) is 4. The van der Waals surface area contributed by atoms with Crippen LogP contribution in [0, 0.1) is 0 Å². The number of rotatable bonds is 5. The van der Waals surface area contributed by atoms with Crippen LogP contribution in [-0.2, 0) is 7.05 Å². The van der Waals surface area contributed by atoms with Gasteiger partial charge in [0, 0.05) is 45.3 Å². The molecule has 130 valence electrons. The third-order valence-electron chi connectivity index (χ3n) is 4.92. The number of nitrogens with zero attached hydrogens (tertiary/aromatic N) is 4. The van der Waals surface area contributed by atoms with Crippen LogP contribution in [0.2, 0.25) is 5.15 Å². The lowest BCUT2D eigenvalue weighted by molar-refractivity contribution is 0.100. The Morgan fingerprint density at radius 1 is 1.17 bits per heavy atom. The quantitative estimate of drug-likeness (QED) is 0.902. The van der Waals surface area contributed by atoms with Gasteiger partial charge in [-0.2, -0.15) is 0 Å². The zero-order valence-electron chi connectivity index (χ0n) is 14.5. The van der Waals surface area contributed by atoms with Gasteiger partial charge in [-0.3, -0.25) is 4.90 Å². The van der Waals surface area contributed by atoms with Gasteiger partial charge in [0.1, 0.15) is 11.0 Å². The van der Waals surface area contributed by atoms with E-state index in [2.05, 4.69) is 28.9 Å². The second-order valence-corrected chi connectivity index (χ2v) is 6.62. The summed E-state index contributed by atoms with van der Waals surface area (Å²) in [5, 5.41) is 0.683. The summed E-state index contributed by atoms with van der Waals surface area (Å²) in [6.07, 6.45) is 0. The molecular formula is C18H26ClN5. The number of hydrogen-bond donors (Lipinski definition) is 1. The van der Waals surface area contributed by atoms with E-state index in [-0.39, 0.29) is 6.04 Å². The number of halogens is 1. The van der Waals surface area contributed by atoms with Crippen molar-refractivity contribution in [3.63, 3.8) is 0 Å². The molecule has 0 aliphatic carbocycles. The SMILES string of the molecule is CCN1CCN(C(CN)c2nc(-c3ccccc3)n(C)c2Cl)CC1. The average Bonchev–Trinajstić information content (AvgIpc) is 2.93. The Morgan fingerprint density at radius 3 is 2.42 bits per heavy atom. The molecule has 3 rings (SSSR count). The lowest BCUT2D eigenvalue weighted by Gasteiger charge is -2.38. The molecule has 1 fully saturated rings. The number of imidazole rings is 1. The van der Waals surface area contributed by atoms with Gasteiger partial charge in [0.25, 0.3) is 0 Å². The van der Waals surface area contributed by atoms with Crippen molar-refractivity contribution in [3.05, 3.63) is 41.2 Å². The summed E-state index contributed by atoms with van der Waals surface area (Å²) in [5.41, 5.74) is 8.07. The molecule has 1 aromatic heterocycles. The van der Waals surface area contributed by atoms with Crippen molar-refractivity contribution in [2.75, 3.05) is 39.3 Å². The average molecular weight is 348 g/mol. The van der Waals surface area contributed by atoms with E-state index in [0.717, 1.165) is 49.8 Å². The fraction of sp³-hybridized carbons (Fsp3) is 0.500. The van der Waals surface area contributed by atoms with Crippen LogP contribution in [0.15, 0.2) is 30.3 Å². The molecule has 2 aromatic rings. The van der Waals surface area contributed by atoms with E-state index in [4.69, 9.17) is 22.3 Å². The molecule has 2 heterocycles. The van der Waals surface area contributed by atoms with Gasteiger partial charge in [0.15, 0.2) is 0 Å². The van der Waals surface area contributed by atoms with Gasteiger partial charge in [0.05, 0.1) is 11.7 Å². The van der Waals surface area contributed by atoms with Crippen molar-refractivity contribution in [1.82, 2.24) is 19.4 Å². The molecule has 6 heteroatoms. The number of piperazine rings is 1. The maximum absolute atomic E-state index is 6.62. The molecular weight excluding hydrogens is 322 g/mol. The second kappa shape index (κ2) is 7.66. The van der Waals surface area contributed by atoms with Crippen LogP contribution in [0.1, 0.15) is 18.7 Å². The van der Waals surface area contributed by atoms with Gasteiger partial charge < -0.3 is 15.2 Å². The highest BCUT2D eigenvalue weighted by molar-refractivity contribution is 6.30. The van der Waals surface area contributed by atoms with Crippen molar-refractivity contribution >= 4 is 11.6 Å². The highest BCUT2D eigenvalue weighted by Crippen LogP contribution is 2.31. The highest BCUT2D eigenvalue weighted by atomic mass is 35.5. The van der Waals surface area contributed by atoms with Crippen molar-refractivity contribution in [2.45, 2.75) is 13.0 Å². The smallest absolute Gasteiger partial charge is 0.141 e. The Labute approximate surface area is 149 Å². The molecule has 1 atom stereocenters. The zero-order valence-corrected chi connectivity index (χ0v) is 15.2. The lowest BCUT2D eigenvalue weighted by atomic mass is 10.1. The van der Waals surface area contributed by atoms with Crippen LogP contribution in [0.3, 0.4) is 0 Å². The Bertz CT molecular complexity index is 662. The first-order valence-electron chi connectivity index (χ1n) is 8.59. The second-order valence-electron chi connectivity index (χ2n) is 6.26. The number of likely N-dealkylation sites (N-methyl/N-ethyl adjacent to an activating group) is 1. The van der Waals surface area contributed by atoms with Crippen LogP contribution in [0.5, 0.6) is 0 Å². The first-order chi connectivity index (χ1) is 11.7. The first kappa shape index (κ1) is 17.4. The molecule has 1 unspecified atom stereocenters. The Morgan fingerprint density at radius 2 is 1.83 bits per heavy atom. The van der Waals surface area contributed by atoms with Crippen LogP contribution in [0.4, 0.5) is 0 Å². The molecule has 0 bridgehead atoms. The van der Waals surface area contributed by atoms with E-state index in [1.807, 2.05) is 29.8 Å². The third kappa shape index (κ3) is 3.35. The van der Waals surface area contributed by atoms with Crippen molar-refractivity contribution < 1.29 is 0 Å². The number of aromatic nitrogens is 2. The number of nitrogens with two attached hydrogens (primary N) is 1. The van der Waals surface area contributed by atoms with E-state index >= 15 is 0 Å². The molecule has 0 radical (unpaired) electrons. The van der Waals surface area contributed by atoms with Gasteiger partial charge in [-0.15, -0.1) is 0 Å². The van der Waals surface area contributed by atoms with E-state index in [1.54, 1.807) is 0 Å². The summed E-state index contributed by atoms with van der Waals surface area (Å²) in [6.45, 7) is 7.98. The van der Waals surface area contributed by atoms with Gasteiger partial charge in [-0.05, 0) is 6.54 Å². The van der Waals surface area contributed by atoms with Crippen molar-refractivity contribution in [1.29, 1.82) is 0 Å². The van der Waals surface area contributed by atoms with Gasteiger partial charge >= 0.3 is 0 Å². The van der Waals surface area contributed by atoms with Crippen LogP contribution < -0.4 is 5.73 Å². The van der Waals surface area contributed by atoms with E-state index in [9.17, 15) is 0 Å². The molecule has 1 aliphatic heterocycles. The topological polar surface area (TPSA) is 50.3 Å². The summed E-state index contributed by atoms with van der Waals surface area (Å²) >= 11 is 6.62. The molecule has 5 nitrogen and oxygen atoms in total.